The maximum atomic E-state index is 6.84. The summed E-state index contributed by atoms with van der Waals surface area (Å²) >= 11 is 0. The SMILES string of the molecule is CC(OCOC(C(N)Cc1ccccc1)C(OCOC(C)[Si](C)(C)C)C(N)Cc1ccccc1)[Si](C)(C)C. The van der Waals surface area contributed by atoms with Gasteiger partial charge in [0.25, 0.3) is 0 Å². The first-order valence-corrected chi connectivity index (χ1v) is 21.0. The molecule has 0 aliphatic rings. The maximum Gasteiger partial charge on any atom is 0.147 e. The molecule has 6 nitrogen and oxygen atoms in total. The average Bonchev–Trinajstić information content (AvgIpc) is 2.84. The molecule has 4 N–H and O–H groups in total. The van der Waals surface area contributed by atoms with E-state index in [2.05, 4.69) is 77.4 Å². The zero-order valence-electron chi connectivity index (χ0n) is 24.9. The second kappa shape index (κ2) is 15.4. The molecule has 8 heteroatoms. The highest BCUT2D eigenvalue weighted by Gasteiger charge is 2.35. The molecule has 2 rings (SSSR count). The third kappa shape index (κ3) is 11.4. The molecule has 0 bridgehead atoms. The Kier molecular flexibility index (Phi) is 13.3. The van der Waals surface area contributed by atoms with E-state index in [-0.39, 0.29) is 37.1 Å². The van der Waals surface area contributed by atoms with E-state index in [0.717, 1.165) is 11.1 Å². The van der Waals surface area contributed by atoms with Crippen LogP contribution in [-0.4, -0.2) is 65.5 Å². The van der Waals surface area contributed by atoms with Crippen LogP contribution in [0, 0.1) is 0 Å². The van der Waals surface area contributed by atoms with Gasteiger partial charge < -0.3 is 30.4 Å². The van der Waals surface area contributed by atoms with Crippen LogP contribution in [-0.2, 0) is 31.8 Å². The van der Waals surface area contributed by atoms with Gasteiger partial charge >= 0.3 is 0 Å². The van der Waals surface area contributed by atoms with Crippen molar-refractivity contribution in [3.63, 3.8) is 0 Å². The van der Waals surface area contributed by atoms with Crippen LogP contribution in [0.25, 0.3) is 0 Å². The largest absolute Gasteiger partial charge is 0.356 e. The molecule has 0 fully saturated rings. The van der Waals surface area contributed by atoms with Crippen molar-refractivity contribution in [3.8, 4) is 0 Å². The highest BCUT2D eigenvalue weighted by atomic mass is 28.3. The van der Waals surface area contributed by atoms with Crippen LogP contribution >= 0.6 is 0 Å². The number of ether oxygens (including phenoxy) is 4. The molecule has 6 atom stereocenters. The van der Waals surface area contributed by atoms with Crippen molar-refractivity contribution in [3.05, 3.63) is 71.8 Å². The summed E-state index contributed by atoms with van der Waals surface area (Å²) in [4.78, 5) is 0. The Morgan fingerprint density at radius 3 is 1.16 bits per heavy atom. The van der Waals surface area contributed by atoms with E-state index < -0.39 is 28.4 Å². The summed E-state index contributed by atoms with van der Waals surface area (Å²) in [5, 5.41) is 0. The van der Waals surface area contributed by atoms with Gasteiger partial charge in [-0.15, -0.1) is 0 Å². The highest BCUT2D eigenvalue weighted by molar-refractivity contribution is 6.77. The molecule has 0 aliphatic carbocycles. The normalized spacial score (nSPS) is 17.4. The molecule has 0 aliphatic heterocycles. The lowest BCUT2D eigenvalue weighted by molar-refractivity contribution is -0.183. The van der Waals surface area contributed by atoms with E-state index >= 15 is 0 Å². The standard InChI is InChI=1S/C30H52N2O4Si2/c1-23(37(3,4)5)33-21-35-29(27(31)19-25-15-11-9-12-16-25)30(36-22-34-24(2)38(6,7)8)28(32)20-26-17-13-10-14-18-26/h9-18,23-24,27-30H,19-22,31-32H2,1-8H3. The molecule has 2 aromatic carbocycles. The summed E-state index contributed by atoms with van der Waals surface area (Å²) in [5.41, 5.74) is 16.3. The van der Waals surface area contributed by atoms with Crippen LogP contribution in [0.1, 0.15) is 25.0 Å². The van der Waals surface area contributed by atoms with Gasteiger partial charge in [-0.25, -0.2) is 0 Å². The van der Waals surface area contributed by atoms with Crippen molar-refractivity contribution in [2.75, 3.05) is 13.6 Å². The van der Waals surface area contributed by atoms with Crippen molar-refractivity contribution in [2.45, 2.75) is 102 Å². The molecular formula is C30H52N2O4Si2. The first-order chi connectivity index (χ1) is 17.8. The minimum Gasteiger partial charge on any atom is -0.356 e. The van der Waals surface area contributed by atoms with Crippen molar-refractivity contribution >= 4 is 16.1 Å². The van der Waals surface area contributed by atoms with Crippen molar-refractivity contribution in [1.82, 2.24) is 0 Å². The Balaban J connectivity index is 2.27. The smallest absolute Gasteiger partial charge is 0.147 e. The van der Waals surface area contributed by atoms with Crippen LogP contribution in [0.2, 0.25) is 39.3 Å². The van der Waals surface area contributed by atoms with Gasteiger partial charge in [0.15, 0.2) is 0 Å². The Labute approximate surface area is 233 Å². The van der Waals surface area contributed by atoms with Gasteiger partial charge in [0.2, 0.25) is 0 Å². The number of hydrogen-bond donors (Lipinski definition) is 2. The molecule has 0 amide bonds. The maximum absolute atomic E-state index is 6.84. The number of nitrogens with two attached hydrogens (primary N) is 2. The summed E-state index contributed by atoms with van der Waals surface area (Å²) in [7, 11) is -2.96. The lowest BCUT2D eigenvalue weighted by Crippen LogP contribution is -2.56. The molecule has 0 saturated carbocycles. The molecule has 214 valence electrons. The average molecular weight is 561 g/mol. The van der Waals surface area contributed by atoms with Gasteiger partial charge in [0.05, 0.1) is 16.1 Å². The van der Waals surface area contributed by atoms with E-state index in [4.69, 9.17) is 30.4 Å². The second-order valence-corrected chi connectivity index (χ2v) is 23.6. The zero-order valence-corrected chi connectivity index (χ0v) is 26.9. The summed E-state index contributed by atoms with van der Waals surface area (Å²) in [6.07, 6.45) is 0.320. The Bertz CT molecular complexity index is 830. The number of hydrogen-bond acceptors (Lipinski definition) is 6. The Hall–Kier alpha value is -1.37. The zero-order chi connectivity index (χ0) is 28.3. The topological polar surface area (TPSA) is 89.0 Å². The molecule has 0 radical (unpaired) electrons. The van der Waals surface area contributed by atoms with E-state index in [1.807, 2.05) is 36.4 Å². The lowest BCUT2D eigenvalue weighted by atomic mass is 9.92. The minimum atomic E-state index is -1.48. The first kappa shape index (κ1) is 32.8. The van der Waals surface area contributed by atoms with Gasteiger partial charge in [0, 0.05) is 23.5 Å². The van der Waals surface area contributed by atoms with Crippen LogP contribution in [0.5, 0.6) is 0 Å². The third-order valence-corrected chi connectivity index (χ3v) is 12.6. The van der Waals surface area contributed by atoms with Crippen LogP contribution in [0.4, 0.5) is 0 Å². The summed E-state index contributed by atoms with van der Waals surface area (Å²) in [5.74, 6) is 0. The molecule has 6 unspecified atom stereocenters. The molecule has 0 aromatic heterocycles. The van der Waals surface area contributed by atoms with Gasteiger partial charge in [-0.2, -0.15) is 0 Å². The summed E-state index contributed by atoms with van der Waals surface area (Å²) in [6, 6.07) is 19.8. The molecular weight excluding hydrogens is 509 g/mol. The number of rotatable bonds is 17. The minimum absolute atomic E-state index is 0.142. The molecule has 2 aromatic rings. The fraction of sp³-hybridized carbons (Fsp3) is 0.600. The number of benzene rings is 2. The fourth-order valence-electron chi connectivity index (χ4n) is 3.87. The fourth-order valence-corrected chi connectivity index (χ4v) is 5.00. The van der Waals surface area contributed by atoms with E-state index in [1.54, 1.807) is 0 Å². The lowest BCUT2D eigenvalue weighted by Gasteiger charge is -2.36. The highest BCUT2D eigenvalue weighted by Crippen LogP contribution is 2.20. The van der Waals surface area contributed by atoms with Gasteiger partial charge in [0.1, 0.15) is 25.8 Å². The van der Waals surface area contributed by atoms with Crippen molar-refractivity contribution in [2.24, 2.45) is 11.5 Å². The monoisotopic (exact) mass is 560 g/mol. The van der Waals surface area contributed by atoms with E-state index in [9.17, 15) is 0 Å². The first-order valence-electron chi connectivity index (χ1n) is 13.8. The third-order valence-electron chi connectivity index (χ3n) is 7.39. The predicted molar refractivity (Wildman–Crippen MR) is 164 cm³/mol. The Morgan fingerprint density at radius 1 is 0.553 bits per heavy atom. The summed E-state index contributed by atoms with van der Waals surface area (Å²) in [6.45, 7) is 18.2. The van der Waals surface area contributed by atoms with Crippen LogP contribution < -0.4 is 11.5 Å². The van der Waals surface area contributed by atoms with E-state index in [1.165, 1.54) is 0 Å². The van der Waals surface area contributed by atoms with Crippen LogP contribution in [0.15, 0.2) is 60.7 Å². The van der Waals surface area contributed by atoms with E-state index in [0.29, 0.717) is 12.8 Å². The van der Waals surface area contributed by atoms with Crippen LogP contribution in [0.3, 0.4) is 0 Å². The van der Waals surface area contributed by atoms with Gasteiger partial charge in [-0.3, -0.25) is 0 Å². The molecule has 0 heterocycles. The molecule has 0 saturated heterocycles. The summed E-state index contributed by atoms with van der Waals surface area (Å²) < 4.78 is 25.1. The van der Waals surface area contributed by atoms with Crippen molar-refractivity contribution in [1.29, 1.82) is 0 Å². The van der Waals surface area contributed by atoms with Crippen molar-refractivity contribution < 1.29 is 18.9 Å². The Morgan fingerprint density at radius 2 is 0.868 bits per heavy atom. The quantitative estimate of drug-likeness (QED) is 0.200. The van der Waals surface area contributed by atoms with Gasteiger partial charge in [-0.1, -0.05) is 99.9 Å². The second-order valence-electron chi connectivity index (χ2n) is 12.6. The molecule has 38 heavy (non-hydrogen) atoms. The predicted octanol–water partition coefficient (Wildman–Crippen LogP) is 5.38. The molecule has 0 spiro atoms. The van der Waals surface area contributed by atoms with Gasteiger partial charge in [-0.05, 0) is 37.8 Å².